The lowest BCUT2D eigenvalue weighted by molar-refractivity contribution is 1.20. The molecule has 0 aliphatic heterocycles. The maximum absolute atomic E-state index is 9.08. The van der Waals surface area contributed by atoms with Crippen LogP contribution in [0.2, 0.25) is 0 Å². The number of anilines is 1. The van der Waals surface area contributed by atoms with Crippen LogP contribution in [0, 0.1) is 11.5 Å². The molecule has 0 atom stereocenters. The first-order chi connectivity index (χ1) is 12.3. The Morgan fingerprint density at radius 2 is 1.92 bits per heavy atom. The molecule has 0 aliphatic rings. The van der Waals surface area contributed by atoms with Gasteiger partial charge in [0, 0.05) is 53.9 Å². The molecular weight excluding hydrogens is 310 g/mol. The highest BCUT2D eigenvalue weighted by atomic mass is 15.1. The smallest absolute Gasteiger partial charge is 0.183 e. The Morgan fingerprint density at radius 1 is 1.04 bits per heavy atom. The molecule has 0 fully saturated rings. The van der Waals surface area contributed by atoms with E-state index in [4.69, 9.17) is 5.26 Å². The number of pyridine rings is 2. The minimum atomic E-state index is 0.841. The number of H-pyrrole nitrogens is 1. The van der Waals surface area contributed by atoms with Gasteiger partial charge in [0.2, 0.25) is 0 Å². The second-order valence-electron chi connectivity index (χ2n) is 5.77. The van der Waals surface area contributed by atoms with Crippen molar-refractivity contribution < 1.29 is 0 Å². The van der Waals surface area contributed by atoms with E-state index in [9.17, 15) is 0 Å². The predicted octanol–water partition coefficient (Wildman–Crippen LogP) is 4.21. The average Bonchev–Trinajstić information content (AvgIpc) is 3.11. The highest BCUT2D eigenvalue weighted by molar-refractivity contribution is 5.95. The first-order valence-corrected chi connectivity index (χ1v) is 7.87. The van der Waals surface area contributed by atoms with Gasteiger partial charge < -0.3 is 4.98 Å². The van der Waals surface area contributed by atoms with E-state index >= 15 is 0 Å². The summed E-state index contributed by atoms with van der Waals surface area (Å²) in [5.41, 5.74) is 5.83. The summed E-state index contributed by atoms with van der Waals surface area (Å²) in [4.78, 5) is 13.5. The molecule has 0 saturated carbocycles. The second kappa shape index (κ2) is 6.10. The summed E-state index contributed by atoms with van der Waals surface area (Å²) in [6.07, 6.45) is 9.53. The van der Waals surface area contributed by atoms with E-state index in [1.807, 2.05) is 55.0 Å². The molecule has 0 amide bonds. The molecule has 0 radical (unpaired) electrons. The quantitative estimate of drug-likeness (QED) is 0.452. The third-order valence-corrected chi connectivity index (χ3v) is 4.22. The Kier molecular flexibility index (Phi) is 3.64. The van der Waals surface area contributed by atoms with Crippen molar-refractivity contribution in [3.63, 3.8) is 0 Å². The fourth-order valence-corrected chi connectivity index (χ4v) is 2.87. The number of fused-ring (bicyclic) bond motifs is 1. The lowest BCUT2D eigenvalue weighted by Crippen LogP contribution is -2.07. The summed E-state index contributed by atoms with van der Waals surface area (Å²) in [6, 6.07) is 13.9. The molecule has 25 heavy (non-hydrogen) atoms. The van der Waals surface area contributed by atoms with E-state index in [1.165, 1.54) is 4.90 Å². The lowest BCUT2D eigenvalue weighted by Gasteiger charge is -2.10. The Balaban J connectivity index is 1.83. The molecule has 0 spiro atoms. The molecule has 0 aliphatic carbocycles. The van der Waals surface area contributed by atoms with Crippen molar-refractivity contribution in [2.24, 2.45) is 0 Å². The molecule has 5 nitrogen and oxygen atoms in total. The zero-order valence-corrected chi connectivity index (χ0v) is 13.6. The largest absolute Gasteiger partial charge is 0.346 e. The highest BCUT2D eigenvalue weighted by Gasteiger charge is 2.10. The third kappa shape index (κ3) is 2.70. The van der Waals surface area contributed by atoms with Crippen LogP contribution >= 0.6 is 0 Å². The summed E-state index contributed by atoms with van der Waals surface area (Å²) < 4.78 is 0. The van der Waals surface area contributed by atoms with Gasteiger partial charge in [0.05, 0.1) is 5.69 Å². The molecule has 5 heteroatoms. The third-order valence-electron chi connectivity index (χ3n) is 4.22. The van der Waals surface area contributed by atoms with Gasteiger partial charge in [-0.05, 0) is 29.8 Å². The number of nitrogens with zero attached hydrogens (tertiary/aromatic N) is 4. The van der Waals surface area contributed by atoms with Crippen LogP contribution in [0.5, 0.6) is 0 Å². The first kappa shape index (κ1) is 14.9. The number of aromatic nitrogens is 3. The van der Waals surface area contributed by atoms with Crippen molar-refractivity contribution in [2.45, 2.75) is 0 Å². The molecule has 3 heterocycles. The maximum atomic E-state index is 9.08. The van der Waals surface area contributed by atoms with E-state index in [2.05, 4.69) is 27.2 Å². The van der Waals surface area contributed by atoms with E-state index in [0.717, 1.165) is 39.0 Å². The van der Waals surface area contributed by atoms with E-state index in [0.29, 0.717) is 0 Å². The lowest BCUT2D eigenvalue weighted by atomic mass is 10.0. The van der Waals surface area contributed by atoms with Crippen LogP contribution < -0.4 is 4.90 Å². The van der Waals surface area contributed by atoms with Gasteiger partial charge in [0.1, 0.15) is 5.65 Å². The fourth-order valence-electron chi connectivity index (χ4n) is 2.87. The predicted molar refractivity (Wildman–Crippen MR) is 98.8 cm³/mol. The van der Waals surface area contributed by atoms with Gasteiger partial charge in [-0.3, -0.25) is 9.88 Å². The van der Waals surface area contributed by atoms with Crippen molar-refractivity contribution >= 4 is 16.7 Å². The zero-order valence-electron chi connectivity index (χ0n) is 13.6. The summed E-state index contributed by atoms with van der Waals surface area (Å²) in [5.74, 6) is 0. The number of hydrogen-bond acceptors (Lipinski definition) is 4. The van der Waals surface area contributed by atoms with Crippen LogP contribution in [0.4, 0.5) is 5.69 Å². The topological polar surface area (TPSA) is 68.6 Å². The summed E-state index contributed by atoms with van der Waals surface area (Å²) >= 11 is 0. The molecule has 3 aromatic heterocycles. The Labute approximate surface area is 145 Å². The van der Waals surface area contributed by atoms with Crippen LogP contribution in [-0.4, -0.2) is 22.0 Å². The molecule has 4 rings (SSSR count). The van der Waals surface area contributed by atoms with Crippen molar-refractivity contribution in [1.29, 1.82) is 5.26 Å². The van der Waals surface area contributed by atoms with Crippen LogP contribution in [0.1, 0.15) is 0 Å². The van der Waals surface area contributed by atoms with Gasteiger partial charge in [0.25, 0.3) is 0 Å². The number of aromatic amines is 1. The molecule has 120 valence electrons. The first-order valence-electron chi connectivity index (χ1n) is 7.87. The molecule has 1 aromatic carbocycles. The van der Waals surface area contributed by atoms with E-state index < -0.39 is 0 Å². The molecule has 0 bridgehead atoms. The number of hydrogen-bond donors (Lipinski definition) is 1. The van der Waals surface area contributed by atoms with Crippen LogP contribution in [-0.2, 0) is 0 Å². The van der Waals surface area contributed by atoms with Crippen molar-refractivity contribution in [2.75, 3.05) is 11.9 Å². The average molecular weight is 325 g/mol. The van der Waals surface area contributed by atoms with Crippen LogP contribution in [0.15, 0.2) is 67.3 Å². The summed E-state index contributed by atoms with van der Waals surface area (Å²) in [5, 5.41) is 10.1. The minimum absolute atomic E-state index is 0.841. The zero-order chi connectivity index (χ0) is 17.2. The van der Waals surface area contributed by atoms with Crippen molar-refractivity contribution in [3.05, 3.63) is 67.3 Å². The van der Waals surface area contributed by atoms with Gasteiger partial charge >= 0.3 is 0 Å². The Morgan fingerprint density at radius 3 is 2.72 bits per heavy atom. The Bertz CT molecular complexity index is 1080. The monoisotopic (exact) mass is 325 g/mol. The summed E-state index contributed by atoms with van der Waals surface area (Å²) in [7, 11) is 1.74. The minimum Gasteiger partial charge on any atom is -0.346 e. The van der Waals surface area contributed by atoms with Gasteiger partial charge in [0.15, 0.2) is 6.19 Å². The standard InChI is InChI=1S/C20H15N5/c1-25(13-21)17-6-2-4-14(8-17)16-9-18-19(12-24-20(18)23-11-16)15-5-3-7-22-10-15/h2-12H,1H3,(H,23,24). The molecule has 0 unspecified atom stereocenters. The van der Waals surface area contributed by atoms with Gasteiger partial charge in [-0.15, -0.1) is 0 Å². The van der Waals surface area contributed by atoms with Gasteiger partial charge in [-0.2, -0.15) is 5.26 Å². The van der Waals surface area contributed by atoms with Crippen molar-refractivity contribution in [3.8, 4) is 28.4 Å². The van der Waals surface area contributed by atoms with E-state index in [1.54, 1.807) is 13.2 Å². The Hall–Kier alpha value is -3.65. The van der Waals surface area contributed by atoms with Gasteiger partial charge in [-0.25, -0.2) is 4.98 Å². The van der Waals surface area contributed by atoms with Crippen LogP contribution in [0.25, 0.3) is 33.3 Å². The maximum Gasteiger partial charge on any atom is 0.183 e. The number of nitrogens with one attached hydrogen (secondary N) is 1. The SMILES string of the molecule is CN(C#N)c1cccc(-c2cnc3[nH]cc(-c4cccnc4)c3c2)c1. The van der Waals surface area contributed by atoms with E-state index in [-0.39, 0.29) is 0 Å². The molecule has 4 aromatic rings. The molecule has 0 saturated heterocycles. The van der Waals surface area contributed by atoms with Crippen molar-refractivity contribution in [1.82, 2.24) is 15.0 Å². The normalized spacial score (nSPS) is 10.6. The fraction of sp³-hybridized carbons (Fsp3) is 0.0500. The number of nitriles is 1. The molecular formula is C20H15N5. The number of rotatable bonds is 3. The van der Waals surface area contributed by atoms with Crippen LogP contribution in [0.3, 0.4) is 0 Å². The van der Waals surface area contributed by atoms with Gasteiger partial charge in [-0.1, -0.05) is 18.2 Å². The number of benzene rings is 1. The second-order valence-corrected chi connectivity index (χ2v) is 5.77. The highest BCUT2D eigenvalue weighted by Crippen LogP contribution is 2.31. The molecule has 1 N–H and O–H groups in total. The summed E-state index contributed by atoms with van der Waals surface area (Å²) in [6.45, 7) is 0.